The lowest BCUT2D eigenvalue weighted by atomic mass is 10.1. The standard InChI is InChI=1S/C28H28ClNO5/c1-3-4-17-34-28(32)22-9-13-24(14-10-22)30-27(31)16-8-20-7-15-25(26(18-20)33-2)35-19-21-5-11-23(29)12-6-21/h5-16,18H,3-4,17,19H2,1-2H3,(H,30,31)/b16-8+. The Morgan fingerprint density at radius 2 is 1.71 bits per heavy atom. The van der Waals surface area contributed by atoms with Gasteiger partial charge in [-0.1, -0.05) is 43.1 Å². The molecule has 3 rings (SSSR count). The van der Waals surface area contributed by atoms with Crippen molar-refractivity contribution in [2.45, 2.75) is 26.4 Å². The van der Waals surface area contributed by atoms with Gasteiger partial charge in [-0.25, -0.2) is 4.79 Å². The highest BCUT2D eigenvalue weighted by Gasteiger charge is 2.08. The van der Waals surface area contributed by atoms with Crippen molar-refractivity contribution < 1.29 is 23.8 Å². The van der Waals surface area contributed by atoms with Gasteiger partial charge in [-0.05, 0) is 72.2 Å². The SMILES string of the molecule is CCCCOC(=O)c1ccc(NC(=O)/C=C/c2ccc(OCc3ccc(Cl)cc3)c(OC)c2)cc1. The second kappa shape index (κ2) is 13.2. The number of hydrogen-bond acceptors (Lipinski definition) is 5. The molecule has 7 heteroatoms. The van der Waals surface area contributed by atoms with Crippen LogP contribution in [0.25, 0.3) is 6.08 Å². The van der Waals surface area contributed by atoms with Gasteiger partial charge in [0.1, 0.15) is 6.61 Å². The van der Waals surface area contributed by atoms with Crippen LogP contribution in [0, 0.1) is 0 Å². The Bertz CT molecular complexity index is 1160. The minimum atomic E-state index is -0.370. The molecule has 1 amide bonds. The second-order valence-corrected chi connectivity index (χ2v) is 8.15. The quantitative estimate of drug-likeness (QED) is 0.186. The summed E-state index contributed by atoms with van der Waals surface area (Å²) in [5.41, 5.74) is 2.79. The molecule has 0 saturated heterocycles. The van der Waals surface area contributed by atoms with E-state index in [-0.39, 0.29) is 11.9 Å². The van der Waals surface area contributed by atoms with E-state index in [0.717, 1.165) is 24.0 Å². The van der Waals surface area contributed by atoms with Crippen LogP contribution in [0.5, 0.6) is 11.5 Å². The van der Waals surface area contributed by atoms with E-state index in [4.69, 9.17) is 25.8 Å². The molecule has 3 aromatic rings. The maximum Gasteiger partial charge on any atom is 0.338 e. The van der Waals surface area contributed by atoms with Gasteiger partial charge < -0.3 is 19.5 Å². The molecule has 6 nitrogen and oxygen atoms in total. The molecule has 0 fully saturated rings. The van der Waals surface area contributed by atoms with Gasteiger partial charge in [0, 0.05) is 16.8 Å². The van der Waals surface area contributed by atoms with Crippen LogP contribution in [0.1, 0.15) is 41.3 Å². The molecule has 0 saturated carbocycles. The summed E-state index contributed by atoms with van der Waals surface area (Å²) in [4.78, 5) is 24.3. The number of carbonyl (C=O) groups is 2. The summed E-state index contributed by atoms with van der Waals surface area (Å²) in [7, 11) is 1.56. The predicted molar refractivity (Wildman–Crippen MR) is 138 cm³/mol. The summed E-state index contributed by atoms with van der Waals surface area (Å²) in [5.74, 6) is 0.483. The number of methoxy groups -OCH3 is 1. The summed E-state index contributed by atoms with van der Waals surface area (Å²) in [5, 5.41) is 3.44. The van der Waals surface area contributed by atoms with E-state index in [0.29, 0.717) is 41.0 Å². The molecular formula is C28H28ClNO5. The van der Waals surface area contributed by atoms with Crippen LogP contribution >= 0.6 is 11.6 Å². The van der Waals surface area contributed by atoms with Crippen molar-refractivity contribution in [3.63, 3.8) is 0 Å². The van der Waals surface area contributed by atoms with Crippen molar-refractivity contribution in [1.29, 1.82) is 0 Å². The summed E-state index contributed by atoms with van der Waals surface area (Å²) >= 11 is 5.92. The molecule has 0 atom stereocenters. The monoisotopic (exact) mass is 493 g/mol. The smallest absolute Gasteiger partial charge is 0.338 e. The maximum atomic E-state index is 12.3. The molecule has 35 heavy (non-hydrogen) atoms. The molecule has 0 aromatic heterocycles. The number of carbonyl (C=O) groups excluding carboxylic acids is 2. The van der Waals surface area contributed by atoms with Crippen LogP contribution in [-0.2, 0) is 16.1 Å². The van der Waals surface area contributed by atoms with E-state index in [2.05, 4.69) is 5.32 Å². The zero-order valence-electron chi connectivity index (χ0n) is 19.8. The first-order valence-corrected chi connectivity index (χ1v) is 11.7. The summed E-state index contributed by atoms with van der Waals surface area (Å²) < 4.78 is 16.5. The largest absolute Gasteiger partial charge is 0.493 e. The fourth-order valence-electron chi connectivity index (χ4n) is 3.09. The van der Waals surface area contributed by atoms with Gasteiger partial charge in [-0.15, -0.1) is 0 Å². The Morgan fingerprint density at radius 1 is 0.971 bits per heavy atom. The van der Waals surface area contributed by atoms with Gasteiger partial charge >= 0.3 is 5.97 Å². The van der Waals surface area contributed by atoms with Crippen LogP contribution in [0.4, 0.5) is 5.69 Å². The molecule has 1 N–H and O–H groups in total. The number of unbranched alkanes of at least 4 members (excludes halogenated alkanes) is 1. The van der Waals surface area contributed by atoms with Crippen molar-refractivity contribution in [3.8, 4) is 11.5 Å². The molecule has 182 valence electrons. The molecule has 0 aliphatic rings. The van der Waals surface area contributed by atoms with E-state index < -0.39 is 0 Å². The lowest BCUT2D eigenvalue weighted by Gasteiger charge is -2.11. The van der Waals surface area contributed by atoms with Crippen LogP contribution < -0.4 is 14.8 Å². The number of hydrogen-bond donors (Lipinski definition) is 1. The highest BCUT2D eigenvalue weighted by molar-refractivity contribution is 6.30. The third-order valence-electron chi connectivity index (χ3n) is 5.04. The normalized spacial score (nSPS) is 10.7. The van der Waals surface area contributed by atoms with E-state index in [9.17, 15) is 9.59 Å². The van der Waals surface area contributed by atoms with E-state index in [1.807, 2.05) is 37.3 Å². The maximum absolute atomic E-state index is 12.3. The highest BCUT2D eigenvalue weighted by atomic mass is 35.5. The van der Waals surface area contributed by atoms with Gasteiger partial charge in [0.15, 0.2) is 11.5 Å². The zero-order valence-corrected chi connectivity index (χ0v) is 20.5. The number of nitrogens with one attached hydrogen (secondary N) is 1. The Kier molecular flexibility index (Phi) is 9.75. The number of halogens is 1. The van der Waals surface area contributed by atoms with Gasteiger partial charge in [-0.3, -0.25) is 4.79 Å². The molecule has 0 spiro atoms. The Morgan fingerprint density at radius 3 is 2.40 bits per heavy atom. The van der Waals surface area contributed by atoms with Gasteiger partial charge in [0.05, 0.1) is 19.3 Å². The third-order valence-corrected chi connectivity index (χ3v) is 5.29. The van der Waals surface area contributed by atoms with E-state index in [1.54, 1.807) is 49.6 Å². The molecular weight excluding hydrogens is 466 g/mol. The number of benzene rings is 3. The number of ether oxygens (including phenoxy) is 3. The molecule has 0 bridgehead atoms. The second-order valence-electron chi connectivity index (χ2n) is 7.71. The topological polar surface area (TPSA) is 73.9 Å². The lowest BCUT2D eigenvalue weighted by Crippen LogP contribution is -2.09. The highest BCUT2D eigenvalue weighted by Crippen LogP contribution is 2.29. The average molecular weight is 494 g/mol. The average Bonchev–Trinajstić information content (AvgIpc) is 2.88. The molecule has 0 aliphatic carbocycles. The molecule has 0 radical (unpaired) electrons. The van der Waals surface area contributed by atoms with Crippen molar-refractivity contribution in [1.82, 2.24) is 0 Å². The Labute approximate surface area is 210 Å². The number of rotatable bonds is 11. The van der Waals surface area contributed by atoms with Gasteiger partial charge in [-0.2, -0.15) is 0 Å². The van der Waals surface area contributed by atoms with Crippen molar-refractivity contribution in [3.05, 3.63) is 94.5 Å². The fourth-order valence-corrected chi connectivity index (χ4v) is 3.21. The van der Waals surface area contributed by atoms with E-state index >= 15 is 0 Å². The van der Waals surface area contributed by atoms with Crippen LogP contribution in [0.3, 0.4) is 0 Å². The summed E-state index contributed by atoms with van der Waals surface area (Å²) in [6.45, 7) is 2.81. The van der Waals surface area contributed by atoms with Crippen LogP contribution in [0.15, 0.2) is 72.8 Å². The van der Waals surface area contributed by atoms with Gasteiger partial charge in [0.2, 0.25) is 5.91 Å². The first-order valence-electron chi connectivity index (χ1n) is 11.3. The summed E-state index contributed by atoms with van der Waals surface area (Å²) in [6.07, 6.45) is 4.90. The fraction of sp³-hybridized carbons (Fsp3) is 0.214. The molecule has 0 heterocycles. The zero-order chi connectivity index (χ0) is 25.0. The Hall–Kier alpha value is -3.77. The van der Waals surface area contributed by atoms with Crippen molar-refractivity contribution in [2.75, 3.05) is 19.0 Å². The number of anilines is 1. The van der Waals surface area contributed by atoms with Crippen molar-refractivity contribution >= 4 is 35.2 Å². The molecule has 3 aromatic carbocycles. The predicted octanol–water partition coefficient (Wildman–Crippen LogP) is 6.54. The third kappa shape index (κ3) is 8.19. The van der Waals surface area contributed by atoms with Crippen molar-refractivity contribution in [2.24, 2.45) is 0 Å². The summed E-state index contributed by atoms with van der Waals surface area (Å²) in [6, 6.07) is 19.4. The minimum Gasteiger partial charge on any atom is -0.493 e. The minimum absolute atomic E-state index is 0.301. The van der Waals surface area contributed by atoms with E-state index in [1.165, 1.54) is 6.08 Å². The first kappa shape index (κ1) is 25.8. The number of amides is 1. The molecule has 0 aliphatic heterocycles. The first-order chi connectivity index (χ1) is 17.0. The molecule has 0 unspecified atom stereocenters. The Balaban J connectivity index is 1.55. The van der Waals surface area contributed by atoms with Gasteiger partial charge in [0.25, 0.3) is 0 Å². The lowest BCUT2D eigenvalue weighted by molar-refractivity contribution is -0.111. The van der Waals surface area contributed by atoms with Crippen LogP contribution in [-0.4, -0.2) is 25.6 Å². The number of esters is 1. The van der Waals surface area contributed by atoms with Crippen LogP contribution in [0.2, 0.25) is 5.02 Å².